The van der Waals surface area contributed by atoms with Crippen LogP contribution in [0.1, 0.15) is 23.0 Å². The number of hydrogen-bond acceptors (Lipinski definition) is 3. The Balaban J connectivity index is 2.12. The molecule has 82 valence electrons. The fraction of sp³-hybridized carbons (Fsp3) is 0.167. The molecule has 1 aromatic carbocycles. The topological polar surface area (TPSA) is 55.1 Å². The minimum Gasteiger partial charge on any atom is -0.364 e. The third kappa shape index (κ3) is 2.28. The van der Waals surface area contributed by atoms with Gasteiger partial charge in [-0.3, -0.25) is 4.79 Å². The van der Waals surface area contributed by atoms with Crippen molar-refractivity contribution >= 4 is 11.6 Å². The molecule has 1 amide bonds. The van der Waals surface area contributed by atoms with E-state index in [0.29, 0.717) is 0 Å². The normalized spacial score (nSPS) is 10.1. The molecule has 4 nitrogen and oxygen atoms in total. The summed E-state index contributed by atoms with van der Waals surface area (Å²) in [5, 5.41) is 6.33. The van der Waals surface area contributed by atoms with Gasteiger partial charge in [0.15, 0.2) is 5.69 Å². The first-order valence-corrected chi connectivity index (χ1v) is 5.10. The number of nitrogens with zero attached hydrogens (tertiary/aromatic N) is 1. The Labute approximate surface area is 93.3 Å². The number of rotatable bonds is 3. The van der Waals surface area contributed by atoms with Crippen LogP contribution in [0.25, 0.3) is 0 Å². The highest BCUT2D eigenvalue weighted by molar-refractivity contribution is 6.02. The monoisotopic (exact) mass is 216 g/mol. The van der Waals surface area contributed by atoms with Crippen molar-refractivity contribution in [2.45, 2.75) is 13.3 Å². The summed E-state index contributed by atoms with van der Waals surface area (Å²) < 4.78 is 4.61. The quantitative estimate of drug-likeness (QED) is 0.857. The lowest BCUT2D eigenvalue weighted by molar-refractivity contribution is 0.101. The second kappa shape index (κ2) is 4.61. The van der Waals surface area contributed by atoms with Crippen LogP contribution in [0.3, 0.4) is 0 Å². The van der Waals surface area contributed by atoms with Crippen molar-refractivity contribution < 1.29 is 9.32 Å². The van der Waals surface area contributed by atoms with Crippen LogP contribution in [0.2, 0.25) is 0 Å². The number of anilines is 1. The summed E-state index contributed by atoms with van der Waals surface area (Å²) >= 11 is 0. The largest absolute Gasteiger partial charge is 0.364 e. The van der Waals surface area contributed by atoms with E-state index in [-0.39, 0.29) is 11.6 Å². The smallest absolute Gasteiger partial charge is 0.277 e. The fourth-order valence-corrected chi connectivity index (χ4v) is 1.39. The van der Waals surface area contributed by atoms with Gasteiger partial charge in [0.2, 0.25) is 0 Å². The maximum absolute atomic E-state index is 11.6. The van der Waals surface area contributed by atoms with Crippen LogP contribution in [-0.4, -0.2) is 11.1 Å². The Kier molecular flexibility index (Phi) is 3.00. The summed E-state index contributed by atoms with van der Waals surface area (Å²) in [7, 11) is 0. The van der Waals surface area contributed by atoms with Crippen molar-refractivity contribution in [1.29, 1.82) is 0 Å². The highest BCUT2D eigenvalue weighted by Crippen LogP contribution is 2.12. The van der Waals surface area contributed by atoms with Gasteiger partial charge in [0.1, 0.15) is 6.26 Å². The number of hydrogen-bond donors (Lipinski definition) is 1. The Hall–Kier alpha value is -2.10. The van der Waals surface area contributed by atoms with Crippen LogP contribution in [0.4, 0.5) is 5.69 Å². The summed E-state index contributed by atoms with van der Waals surface area (Å²) in [5.74, 6) is -0.262. The zero-order chi connectivity index (χ0) is 11.4. The SMILES string of the molecule is CCc1cccc(NC(=O)c2ccon2)c1. The number of aromatic nitrogens is 1. The van der Waals surface area contributed by atoms with Crippen LogP contribution in [0.5, 0.6) is 0 Å². The molecule has 0 bridgehead atoms. The number of amides is 1. The van der Waals surface area contributed by atoms with E-state index in [4.69, 9.17) is 0 Å². The van der Waals surface area contributed by atoms with Crippen molar-refractivity contribution in [3.8, 4) is 0 Å². The molecule has 0 saturated carbocycles. The average molecular weight is 216 g/mol. The van der Waals surface area contributed by atoms with Gasteiger partial charge in [0, 0.05) is 11.8 Å². The van der Waals surface area contributed by atoms with E-state index in [2.05, 4.69) is 21.9 Å². The maximum Gasteiger partial charge on any atom is 0.277 e. The van der Waals surface area contributed by atoms with Crippen molar-refractivity contribution in [3.05, 3.63) is 47.9 Å². The number of benzene rings is 1. The standard InChI is InChI=1S/C12H12N2O2/c1-2-9-4-3-5-10(8-9)13-12(15)11-6-7-16-14-11/h3-8H,2H2,1H3,(H,13,15). The molecule has 0 aliphatic heterocycles. The van der Waals surface area contributed by atoms with Crippen molar-refractivity contribution in [2.24, 2.45) is 0 Å². The average Bonchev–Trinajstić information content (AvgIpc) is 2.83. The number of aryl methyl sites for hydroxylation is 1. The maximum atomic E-state index is 11.6. The molecular weight excluding hydrogens is 204 g/mol. The van der Waals surface area contributed by atoms with Gasteiger partial charge in [-0.1, -0.05) is 24.2 Å². The molecule has 1 aromatic heterocycles. The van der Waals surface area contributed by atoms with Gasteiger partial charge in [-0.15, -0.1) is 0 Å². The lowest BCUT2D eigenvalue weighted by Gasteiger charge is -2.04. The van der Waals surface area contributed by atoms with Gasteiger partial charge < -0.3 is 9.84 Å². The second-order valence-corrected chi connectivity index (χ2v) is 3.39. The van der Waals surface area contributed by atoms with Crippen LogP contribution in [0.15, 0.2) is 41.1 Å². The molecule has 1 N–H and O–H groups in total. The summed E-state index contributed by atoms with van der Waals surface area (Å²) in [6.07, 6.45) is 2.31. The Morgan fingerprint density at radius 1 is 1.44 bits per heavy atom. The minimum atomic E-state index is -0.262. The van der Waals surface area contributed by atoms with Crippen LogP contribution < -0.4 is 5.32 Å². The molecule has 0 atom stereocenters. The van der Waals surface area contributed by atoms with Crippen molar-refractivity contribution in [3.63, 3.8) is 0 Å². The molecule has 0 spiro atoms. The lowest BCUT2D eigenvalue weighted by Crippen LogP contribution is -2.12. The highest BCUT2D eigenvalue weighted by atomic mass is 16.5. The molecule has 0 aliphatic rings. The molecule has 0 fully saturated rings. The van der Waals surface area contributed by atoms with Gasteiger partial charge in [-0.2, -0.15) is 0 Å². The van der Waals surface area contributed by atoms with Gasteiger partial charge in [0.25, 0.3) is 5.91 Å². The third-order valence-corrected chi connectivity index (χ3v) is 2.26. The minimum absolute atomic E-state index is 0.262. The second-order valence-electron chi connectivity index (χ2n) is 3.39. The highest BCUT2D eigenvalue weighted by Gasteiger charge is 2.08. The predicted molar refractivity (Wildman–Crippen MR) is 60.3 cm³/mol. The van der Waals surface area contributed by atoms with Gasteiger partial charge in [0.05, 0.1) is 0 Å². The molecule has 0 aliphatic carbocycles. The van der Waals surface area contributed by atoms with Gasteiger partial charge in [-0.25, -0.2) is 0 Å². The Morgan fingerprint density at radius 2 is 2.31 bits per heavy atom. The molecule has 4 heteroatoms. The molecular formula is C12H12N2O2. The summed E-state index contributed by atoms with van der Waals surface area (Å²) in [6, 6.07) is 9.25. The summed E-state index contributed by atoms with van der Waals surface area (Å²) in [6.45, 7) is 2.07. The van der Waals surface area contributed by atoms with E-state index in [9.17, 15) is 4.79 Å². The van der Waals surface area contributed by atoms with E-state index in [1.807, 2.05) is 24.3 Å². The number of carbonyl (C=O) groups excluding carboxylic acids is 1. The van der Waals surface area contributed by atoms with E-state index in [0.717, 1.165) is 12.1 Å². The van der Waals surface area contributed by atoms with E-state index < -0.39 is 0 Å². The zero-order valence-electron chi connectivity index (χ0n) is 8.93. The number of nitrogens with one attached hydrogen (secondary N) is 1. The van der Waals surface area contributed by atoms with Crippen LogP contribution >= 0.6 is 0 Å². The zero-order valence-corrected chi connectivity index (χ0v) is 8.93. The summed E-state index contributed by atoms with van der Waals surface area (Å²) in [5.41, 5.74) is 2.23. The molecule has 16 heavy (non-hydrogen) atoms. The number of carbonyl (C=O) groups is 1. The molecule has 0 unspecified atom stereocenters. The van der Waals surface area contributed by atoms with Crippen molar-refractivity contribution in [2.75, 3.05) is 5.32 Å². The predicted octanol–water partition coefficient (Wildman–Crippen LogP) is 2.49. The third-order valence-electron chi connectivity index (χ3n) is 2.26. The fourth-order valence-electron chi connectivity index (χ4n) is 1.39. The van der Waals surface area contributed by atoms with Gasteiger partial charge in [-0.05, 0) is 24.1 Å². The van der Waals surface area contributed by atoms with Crippen LogP contribution in [0, 0.1) is 0 Å². The molecule has 0 saturated heterocycles. The van der Waals surface area contributed by atoms with Gasteiger partial charge >= 0.3 is 0 Å². The molecule has 0 radical (unpaired) electrons. The molecule has 2 rings (SSSR count). The molecule has 2 aromatic rings. The first kappa shape index (κ1) is 10.4. The molecule has 1 heterocycles. The Morgan fingerprint density at radius 3 is 3.00 bits per heavy atom. The van der Waals surface area contributed by atoms with E-state index in [1.165, 1.54) is 17.9 Å². The Bertz CT molecular complexity index is 478. The first-order chi connectivity index (χ1) is 7.79. The van der Waals surface area contributed by atoms with Crippen molar-refractivity contribution in [1.82, 2.24) is 5.16 Å². The van der Waals surface area contributed by atoms with Crippen LogP contribution in [-0.2, 0) is 6.42 Å². The summed E-state index contributed by atoms with van der Waals surface area (Å²) in [4.78, 5) is 11.6. The lowest BCUT2D eigenvalue weighted by atomic mass is 10.1. The first-order valence-electron chi connectivity index (χ1n) is 5.10. The van der Waals surface area contributed by atoms with E-state index >= 15 is 0 Å². The van der Waals surface area contributed by atoms with E-state index in [1.54, 1.807) is 0 Å².